The van der Waals surface area contributed by atoms with Gasteiger partial charge in [0.25, 0.3) is 0 Å². The third-order valence-corrected chi connectivity index (χ3v) is 6.80. The van der Waals surface area contributed by atoms with Gasteiger partial charge in [-0.2, -0.15) is 20.3 Å². The second kappa shape index (κ2) is 9.21. The fourth-order valence-corrected chi connectivity index (χ4v) is 5.03. The number of aryl methyl sites for hydroxylation is 1. The quantitative estimate of drug-likeness (QED) is 0.490. The highest BCUT2D eigenvalue weighted by Gasteiger charge is 2.25. The number of H-pyrrole nitrogens is 1. The third-order valence-electron chi connectivity index (χ3n) is 6.80. The van der Waals surface area contributed by atoms with E-state index in [0.717, 1.165) is 41.8 Å². The monoisotopic (exact) mass is 458 g/mol. The molecule has 0 spiro atoms. The van der Waals surface area contributed by atoms with Crippen molar-refractivity contribution in [2.75, 3.05) is 17.7 Å². The number of nitrogens with zero attached hydrogens (tertiary/aromatic N) is 5. The van der Waals surface area contributed by atoms with Crippen molar-refractivity contribution in [2.45, 2.75) is 51.5 Å². The standard InChI is InChI=1S/C25H30N8O/c1-15-11-16(19-9-10-28-33(19)2)12-20(34-3)22(15)30-25-31-23-21(17(13-26)14-27-23)24(32-25)29-18-7-5-4-6-8-18/h9-10,12,14-15,18H,4-8,11H2,1-3H3,(H3,27,29,30,31,32). The van der Waals surface area contributed by atoms with E-state index in [2.05, 4.69) is 44.8 Å². The minimum Gasteiger partial charge on any atom is -0.495 e. The molecule has 0 saturated heterocycles. The molecule has 0 radical (unpaired) electrons. The molecular weight excluding hydrogens is 428 g/mol. The van der Waals surface area contributed by atoms with Crippen LogP contribution in [0.4, 0.5) is 11.8 Å². The van der Waals surface area contributed by atoms with Crippen LogP contribution < -0.4 is 10.6 Å². The lowest BCUT2D eigenvalue weighted by atomic mass is 9.90. The van der Waals surface area contributed by atoms with Gasteiger partial charge in [-0.05, 0) is 37.0 Å². The fourth-order valence-electron chi connectivity index (χ4n) is 5.03. The predicted octanol–water partition coefficient (Wildman–Crippen LogP) is 4.70. The van der Waals surface area contributed by atoms with Crippen LogP contribution in [0, 0.1) is 17.2 Å². The normalized spacial score (nSPS) is 19.1. The molecule has 1 unspecified atom stereocenters. The molecule has 2 aliphatic carbocycles. The summed E-state index contributed by atoms with van der Waals surface area (Å²) in [4.78, 5) is 12.7. The van der Waals surface area contributed by atoms with Gasteiger partial charge in [-0.15, -0.1) is 0 Å². The number of allylic oxidation sites excluding steroid dienone is 3. The molecular formula is C25H30N8O. The third kappa shape index (κ3) is 4.12. The highest BCUT2D eigenvalue weighted by Crippen LogP contribution is 2.36. The van der Waals surface area contributed by atoms with Crippen LogP contribution in [-0.2, 0) is 11.8 Å². The molecule has 1 fully saturated rings. The molecule has 176 valence electrons. The number of aromatic amines is 1. The van der Waals surface area contributed by atoms with Crippen LogP contribution in [0.3, 0.4) is 0 Å². The van der Waals surface area contributed by atoms with Gasteiger partial charge in [-0.25, -0.2) is 0 Å². The van der Waals surface area contributed by atoms with Crippen molar-refractivity contribution < 1.29 is 4.74 Å². The zero-order valence-electron chi connectivity index (χ0n) is 19.9. The minimum absolute atomic E-state index is 0.164. The Bertz CT molecular complexity index is 1300. The Morgan fingerprint density at radius 2 is 2.06 bits per heavy atom. The van der Waals surface area contributed by atoms with Crippen molar-refractivity contribution in [2.24, 2.45) is 13.0 Å². The molecule has 0 aliphatic heterocycles. The first-order chi connectivity index (χ1) is 16.6. The van der Waals surface area contributed by atoms with E-state index >= 15 is 0 Å². The van der Waals surface area contributed by atoms with E-state index in [1.54, 1.807) is 19.5 Å². The van der Waals surface area contributed by atoms with Crippen molar-refractivity contribution in [3.63, 3.8) is 0 Å². The Labute approximate surface area is 198 Å². The number of anilines is 2. The van der Waals surface area contributed by atoms with Crippen LogP contribution in [0.15, 0.2) is 36.0 Å². The van der Waals surface area contributed by atoms with Gasteiger partial charge in [0.15, 0.2) is 0 Å². The maximum atomic E-state index is 9.60. The number of hydrogen-bond acceptors (Lipinski definition) is 7. The lowest BCUT2D eigenvalue weighted by Gasteiger charge is -2.26. The van der Waals surface area contributed by atoms with E-state index in [1.807, 2.05) is 17.8 Å². The summed E-state index contributed by atoms with van der Waals surface area (Å²) in [5, 5.41) is 21.7. The molecule has 0 bridgehead atoms. The molecule has 9 heteroatoms. The summed E-state index contributed by atoms with van der Waals surface area (Å²) in [6.07, 6.45) is 12.3. The molecule has 3 aromatic rings. The average Bonchev–Trinajstić information content (AvgIpc) is 3.47. The lowest BCUT2D eigenvalue weighted by molar-refractivity contribution is 0.296. The van der Waals surface area contributed by atoms with Gasteiger partial charge in [0.05, 0.1) is 29.5 Å². The summed E-state index contributed by atoms with van der Waals surface area (Å²) in [6, 6.07) is 4.63. The molecule has 0 amide bonds. The zero-order chi connectivity index (χ0) is 23.7. The number of ether oxygens (including phenoxy) is 1. The number of methoxy groups -OCH3 is 1. The number of aromatic nitrogens is 5. The van der Waals surface area contributed by atoms with E-state index in [1.165, 1.54) is 24.8 Å². The van der Waals surface area contributed by atoms with Crippen molar-refractivity contribution in [1.82, 2.24) is 24.7 Å². The zero-order valence-corrected chi connectivity index (χ0v) is 19.9. The van der Waals surface area contributed by atoms with E-state index in [4.69, 9.17) is 9.72 Å². The lowest BCUT2D eigenvalue weighted by Crippen LogP contribution is -2.24. The Balaban J connectivity index is 1.51. The van der Waals surface area contributed by atoms with Crippen molar-refractivity contribution in [3.05, 3.63) is 47.2 Å². The van der Waals surface area contributed by atoms with Gasteiger partial charge in [-0.1, -0.05) is 26.2 Å². The molecule has 2 aliphatic rings. The summed E-state index contributed by atoms with van der Waals surface area (Å²) in [6.45, 7) is 2.16. The molecule has 3 heterocycles. The van der Waals surface area contributed by atoms with Crippen LogP contribution in [0.5, 0.6) is 0 Å². The maximum absolute atomic E-state index is 9.60. The van der Waals surface area contributed by atoms with Gasteiger partial charge < -0.3 is 20.4 Å². The summed E-state index contributed by atoms with van der Waals surface area (Å²) >= 11 is 0. The SMILES string of the molecule is COC1=C(Nc2nc(NC3CCCCC3)c3c(C#N)c[nH]c3n2)C(C)CC(c2ccnn2C)=C1. The fraction of sp³-hybridized carbons (Fsp3) is 0.440. The number of hydrogen-bond donors (Lipinski definition) is 3. The van der Waals surface area contributed by atoms with Gasteiger partial charge in [0, 0.05) is 31.4 Å². The van der Waals surface area contributed by atoms with Gasteiger partial charge in [-0.3, -0.25) is 4.68 Å². The maximum Gasteiger partial charge on any atom is 0.231 e. The molecule has 34 heavy (non-hydrogen) atoms. The largest absolute Gasteiger partial charge is 0.495 e. The molecule has 0 aromatic carbocycles. The van der Waals surface area contributed by atoms with Crippen LogP contribution in [0.2, 0.25) is 0 Å². The number of rotatable bonds is 6. The average molecular weight is 459 g/mol. The van der Waals surface area contributed by atoms with Crippen molar-refractivity contribution in [3.8, 4) is 6.07 Å². The van der Waals surface area contributed by atoms with Crippen LogP contribution in [-0.4, -0.2) is 37.9 Å². The number of fused-ring (bicyclic) bond motifs is 1. The number of nitrogens with one attached hydrogen (secondary N) is 3. The summed E-state index contributed by atoms with van der Waals surface area (Å²) in [5.41, 5.74) is 4.37. The topological polar surface area (TPSA) is 116 Å². The summed E-state index contributed by atoms with van der Waals surface area (Å²) < 4.78 is 7.64. The van der Waals surface area contributed by atoms with E-state index in [9.17, 15) is 5.26 Å². The van der Waals surface area contributed by atoms with Gasteiger partial charge in [0.2, 0.25) is 5.95 Å². The van der Waals surface area contributed by atoms with E-state index in [0.29, 0.717) is 29.0 Å². The highest BCUT2D eigenvalue weighted by atomic mass is 16.5. The Morgan fingerprint density at radius 1 is 1.24 bits per heavy atom. The first-order valence-corrected chi connectivity index (χ1v) is 11.9. The van der Waals surface area contributed by atoms with Crippen LogP contribution in [0.1, 0.15) is 56.7 Å². The smallest absolute Gasteiger partial charge is 0.231 e. The minimum atomic E-state index is 0.164. The van der Waals surface area contributed by atoms with Crippen LogP contribution >= 0.6 is 0 Å². The molecule has 3 aromatic heterocycles. The van der Waals surface area contributed by atoms with Crippen molar-refractivity contribution >= 4 is 28.4 Å². The summed E-state index contributed by atoms with van der Waals surface area (Å²) in [5.74, 6) is 2.10. The van der Waals surface area contributed by atoms with Gasteiger partial charge >= 0.3 is 0 Å². The predicted molar refractivity (Wildman–Crippen MR) is 132 cm³/mol. The van der Waals surface area contributed by atoms with E-state index in [-0.39, 0.29) is 5.92 Å². The molecule has 5 rings (SSSR count). The molecule has 1 saturated carbocycles. The van der Waals surface area contributed by atoms with E-state index < -0.39 is 0 Å². The number of nitriles is 1. The van der Waals surface area contributed by atoms with Crippen molar-refractivity contribution in [1.29, 1.82) is 5.26 Å². The Kier molecular flexibility index (Phi) is 5.97. The highest BCUT2D eigenvalue weighted by molar-refractivity contribution is 5.93. The van der Waals surface area contributed by atoms with Crippen LogP contribution in [0.25, 0.3) is 16.6 Å². The molecule has 3 N–H and O–H groups in total. The first kappa shape index (κ1) is 22.0. The first-order valence-electron chi connectivity index (χ1n) is 11.9. The second-order valence-corrected chi connectivity index (χ2v) is 9.13. The Hall–Kier alpha value is -3.80. The second-order valence-electron chi connectivity index (χ2n) is 9.13. The summed E-state index contributed by atoms with van der Waals surface area (Å²) in [7, 11) is 3.62. The van der Waals surface area contributed by atoms with Gasteiger partial charge in [0.1, 0.15) is 23.3 Å². The Morgan fingerprint density at radius 3 is 2.76 bits per heavy atom. The molecule has 1 atom stereocenters. The molecule has 9 nitrogen and oxygen atoms in total.